The zero-order valence-electron chi connectivity index (χ0n) is 17.4. The fourth-order valence-electron chi connectivity index (χ4n) is 5.39. The number of nitrogens with zero attached hydrogens (tertiary/aromatic N) is 2. The highest BCUT2D eigenvalue weighted by atomic mass is 16.5. The van der Waals surface area contributed by atoms with Crippen LogP contribution < -0.4 is 4.74 Å². The van der Waals surface area contributed by atoms with E-state index in [4.69, 9.17) is 4.74 Å². The number of allylic oxidation sites excluding steroid dienone is 2. The van der Waals surface area contributed by atoms with Crippen molar-refractivity contribution in [1.82, 2.24) is 5.01 Å². The van der Waals surface area contributed by atoms with Gasteiger partial charge in [-0.25, -0.2) is 0 Å². The highest BCUT2D eigenvalue weighted by Crippen LogP contribution is 2.52. The molecule has 0 aromatic heterocycles. The minimum absolute atomic E-state index is 0.170. The molecule has 2 amide bonds. The molecule has 5 nitrogen and oxygen atoms in total. The predicted molar refractivity (Wildman–Crippen MR) is 122 cm³/mol. The Hall–Kier alpha value is -3.73. The monoisotopic (exact) mass is 422 g/mol. The van der Waals surface area contributed by atoms with Crippen LogP contribution in [0.1, 0.15) is 17.5 Å². The molecule has 0 spiro atoms. The average Bonchev–Trinajstić information content (AvgIpc) is 3.51. The Morgan fingerprint density at radius 2 is 1.56 bits per heavy atom. The first-order valence-corrected chi connectivity index (χ1v) is 11.0. The van der Waals surface area contributed by atoms with Gasteiger partial charge in [0.25, 0.3) is 11.8 Å². The summed E-state index contributed by atoms with van der Waals surface area (Å²) in [6.45, 7) is 0.417. The fourth-order valence-corrected chi connectivity index (χ4v) is 5.39. The zero-order valence-corrected chi connectivity index (χ0v) is 17.4. The number of hydrogen-bond acceptors (Lipinski definition) is 4. The van der Waals surface area contributed by atoms with Gasteiger partial charge in [-0.1, -0.05) is 72.8 Å². The number of amides is 2. The van der Waals surface area contributed by atoms with Crippen LogP contribution in [-0.2, 0) is 16.2 Å². The second-order valence-corrected chi connectivity index (χ2v) is 8.71. The Bertz CT molecular complexity index is 1250. The van der Waals surface area contributed by atoms with Crippen molar-refractivity contribution in [3.8, 4) is 5.75 Å². The fraction of sp³-hybridized carbons (Fsp3) is 0.222. The molecule has 0 unspecified atom stereocenters. The van der Waals surface area contributed by atoms with Crippen LogP contribution in [0.5, 0.6) is 5.75 Å². The lowest BCUT2D eigenvalue weighted by Crippen LogP contribution is -2.28. The quantitative estimate of drug-likeness (QED) is 0.344. The van der Waals surface area contributed by atoms with E-state index in [1.165, 1.54) is 0 Å². The van der Waals surface area contributed by atoms with Crippen LogP contribution in [0.2, 0.25) is 0 Å². The summed E-state index contributed by atoms with van der Waals surface area (Å²) in [6, 6.07) is 21.8. The van der Waals surface area contributed by atoms with Gasteiger partial charge in [0.15, 0.2) is 0 Å². The minimum Gasteiger partial charge on any atom is -0.488 e. The highest BCUT2D eigenvalue weighted by Gasteiger charge is 2.59. The van der Waals surface area contributed by atoms with Crippen LogP contribution in [-0.4, -0.2) is 23.0 Å². The number of ether oxygens (including phenoxy) is 1. The molecule has 0 N–H and O–H groups in total. The number of hydrogen-bond donors (Lipinski definition) is 0. The molecule has 6 rings (SSSR count). The van der Waals surface area contributed by atoms with E-state index >= 15 is 0 Å². The summed E-state index contributed by atoms with van der Waals surface area (Å²) in [6.07, 6.45) is 6.69. The molecule has 3 aliphatic rings. The Morgan fingerprint density at radius 1 is 0.875 bits per heavy atom. The van der Waals surface area contributed by atoms with Crippen LogP contribution in [0.15, 0.2) is 84.0 Å². The Morgan fingerprint density at radius 3 is 2.31 bits per heavy atom. The minimum atomic E-state index is -0.254. The molecule has 3 aromatic carbocycles. The number of imide groups is 1. The van der Waals surface area contributed by atoms with Crippen molar-refractivity contribution in [1.29, 1.82) is 0 Å². The summed E-state index contributed by atoms with van der Waals surface area (Å²) < 4.78 is 6.13. The molecular formula is C27H22N2O3. The molecule has 0 radical (unpaired) electrons. The van der Waals surface area contributed by atoms with Crippen molar-refractivity contribution in [2.24, 2.45) is 28.8 Å². The van der Waals surface area contributed by atoms with Crippen molar-refractivity contribution < 1.29 is 14.3 Å². The second kappa shape index (κ2) is 7.45. The lowest BCUT2D eigenvalue weighted by molar-refractivity contribution is -0.140. The molecule has 1 heterocycles. The summed E-state index contributed by atoms with van der Waals surface area (Å²) in [7, 11) is 0. The van der Waals surface area contributed by atoms with Crippen LogP contribution in [0, 0.1) is 23.7 Å². The zero-order chi connectivity index (χ0) is 21.7. The Labute approximate surface area is 186 Å². The number of fused-ring (bicyclic) bond motifs is 6. The highest BCUT2D eigenvalue weighted by molar-refractivity contribution is 6.08. The van der Waals surface area contributed by atoms with E-state index in [2.05, 4.69) is 17.3 Å². The van der Waals surface area contributed by atoms with Crippen LogP contribution in [0.4, 0.5) is 0 Å². The maximum atomic E-state index is 13.0. The van der Waals surface area contributed by atoms with Crippen LogP contribution in [0.25, 0.3) is 10.8 Å². The van der Waals surface area contributed by atoms with Gasteiger partial charge in [-0.05, 0) is 40.7 Å². The van der Waals surface area contributed by atoms with Gasteiger partial charge in [0.1, 0.15) is 12.4 Å². The molecule has 32 heavy (non-hydrogen) atoms. The van der Waals surface area contributed by atoms with Gasteiger partial charge < -0.3 is 4.74 Å². The summed E-state index contributed by atoms with van der Waals surface area (Å²) in [5.74, 6) is 0.136. The van der Waals surface area contributed by atoms with Gasteiger partial charge in [-0.15, -0.1) is 0 Å². The van der Waals surface area contributed by atoms with Crippen molar-refractivity contribution in [2.45, 2.75) is 13.0 Å². The molecule has 1 saturated heterocycles. The largest absolute Gasteiger partial charge is 0.488 e. The van der Waals surface area contributed by atoms with Crippen molar-refractivity contribution in [3.05, 3.63) is 90.0 Å². The Kier molecular flexibility index (Phi) is 4.42. The molecule has 158 valence electrons. The van der Waals surface area contributed by atoms with Gasteiger partial charge in [0.2, 0.25) is 0 Å². The van der Waals surface area contributed by atoms with Crippen LogP contribution >= 0.6 is 0 Å². The summed E-state index contributed by atoms with van der Waals surface area (Å²) in [5.41, 5.74) is 1.82. The van der Waals surface area contributed by atoms with Crippen molar-refractivity contribution in [2.75, 3.05) is 0 Å². The number of rotatable bonds is 5. The lowest BCUT2D eigenvalue weighted by Gasteiger charge is -2.14. The van der Waals surface area contributed by atoms with Crippen molar-refractivity contribution in [3.63, 3.8) is 0 Å². The first-order valence-electron chi connectivity index (χ1n) is 11.0. The summed E-state index contributed by atoms with van der Waals surface area (Å²) in [4.78, 5) is 26.0. The standard InChI is InChI=1S/C27H22N2O3/c30-26-24-19-10-11-20(14-19)25(24)27(31)29(26)28-15-22-21-9-5-4-8-18(21)12-13-23(22)32-16-17-6-2-1-3-7-17/h1-13,15,19-20,24-25H,14,16H2/t19-,20-,24-,25+/m0/s1. The van der Waals surface area contributed by atoms with Gasteiger partial charge in [-0.3, -0.25) is 9.59 Å². The maximum Gasteiger partial charge on any atom is 0.254 e. The number of hydrazone groups is 1. The van der Waals surface area contributed by atoms with Gasteiger partial charge in [-0.2, -0.15) is 10.1 Å². The maximum absolute atomic E-state index is 13.0. The normalized spacial score (nSPS) is 25.9. The molecule has 1 saturated carbocycles. The van der Waals surface area contributed by atoms with E-state index in [-0.39, 0.29) is 35.5 Å². The van der Waals surface area contributed by atoms with E-state index in [1.54, 1.807) is 6.21 Å². The van der Waals surface area contributed by atoms with E-state index in [9.17, 15) is 9.59 Å². The third-order valence-corrected chi connectivity index (χ3v) is 6.92. The van der Waals surface area contributed by atoms with E-state index in [1.807, 2.05) is 66.7 Å². The van der Waals surface area contributed by atoms with Gasteiger partial charge in [0, 0.05) is 5.56 Å². The molecule has 2 bridgehead atoms. The smallest absolute Gasteiger partial charge is 0.254 e. The number of carbonyl (C=O) groups is 2. The third-order valence-electron chi connectivity index (χ3n) is 6.92. The Balaban J connectivity index is 1.33. The van der Waals surface area contributed by atoms with E-state index in [0.29, 0.717) is 12.4 Å². The molecular weight excluding hydrogens is 400 g/mol. The topological polar surface area (TPSA) is 59.0 Å². The first kappa shape index (κ1) is 19.0. The van der Waals surface area contributed by atoms with Gasteiger partial charge >= 0.3 is 0 Å². The molecule has 3 aromatic rings. The molecule has 1 aliphatic heterocycles. The summed E-state index contributed by atoms with van der Waals surface area (Å²) >= 11 is 0. The van der Waals surface area contributed by atoms with Crippen molar-refractivity contribution >= 4 is 28.8 Å². The lowest BCUT2D eigenvalue weighted by atomic mass is 9.85. The van der Waals surface area contributed by atoms with E-state index in [0.717, 1.165) is 33.3 Å². The molecule has 2 fully saturated rings. The van der Waals surface area contributed by atoms with E-state index < -0.39 is 0 Å². The van der Waals surface area contributed by atoms with Crippen LogP contribution in [0.3, 0.4) is 0 Å². The molecule has 4 atom stereocenters. The predicted octanol–water partition coefficient (Wildman–Crippen LogP) is 4.56. The number of benzene rings is 3. The SMILES string of the molecule is O=C1[C@@H]2[C@H](C(=O)N1N=Cc1c(OCc3ccccc3)ccc3ccccc13)[C@H]1C=C[C@H]2C1. The first-order chi connectivity index (χ1) is 15.7. The average molecular weight is 422 g/mol. The molecule has 5 heteroatoms. The third kappa shape index (κ3) is 2.96. The number of carbonyl (C=O) groups excluding carboxylic acids is 2. The molecule has 2 aliphatic carbocycles. The summed E-state index contributed by atoms with van der Waals surface area (Å²) in [5, 5.41) is 7.49. The second-order valence-electron chi connectivity index (χ2n) is 8.71. The van der Waals surface area contributed by atoms with Gasteiger partial charge in [0.05, 0.1) is 18.1 Å².